The lowest BCUT2D eigenvalue weighted by Gasteiger charge is -2.16. The minimum Gasteiger partial charge on any atom is -0.451 e. The summed E-state index contributed by atoms with van der Waals surface area (Å²) in [5, 5.41) is 3.41. The Morgan fingerprint density at radius 2 is 2.32 bits per heavy atom. The monoisotopic (exact) mass is 453 g/mol. The van der Waals surface area contributed by atoms with Crippen LogP contribution in [-0.4, -0.2) is 54.4 Å². The highest BCUT2D eigenvalue weighted by Crippen LogP contribution is 2.23. The Bertz CT molecular complexity index is 908. The maximum absolute atomic E-state index is 12.3. The lowest BCUT2D eigenvalue weighted by molar-refractivity contribution is 0.0786. The molecule has 4 rings (SSSR count). The summed E-state index contributed by atoms with van der Waals surface area (Å²) in [6.07, 6.45) is 5.02. The number of aryl methyl sites for hydroxylation is 1. The van der Waals surface area contributed by atoms with Crippen molar-refractivity contribution in [2.75, 3.05) is 18.4 Å². The van der Waals surface area contributed by atoms with Crippen molar-refractivity contribution in [1.82, 2.24) is 29.4 Å². The van der Waals surface area contributed by atoms with Crippen molar-refractivity contribution < 1.29 is 9.21 Å². The number of nitrogens with one attached hydrogen (secondary N) is 1. The first-order chi connectivity index (χ1) is 12.2. The van der Waals surface area contributed by atoms with Gasteiger partial charge in [-0.25, -0.2) is 19.9 Å². The Labute approximate surface area is 157 Å². The molecule has 3 aromatic heterocycles. The van der Waals surface area contributed by atoms with E-state index in [0.717, 1.165) is 28.0 Å². The molecule has 0 radical (unpaired) electrons. The third-order valence-corrected chi connectivity index (χ3v) is 5.09. The summed E-state index contributed by atoms with van der Waals surface area (Å²) in [5.41, 5.74) is 1.91. The fraction of sp³-hybridized carbons (Fsp3) is 0.400. The molecule has 0 aromatic carbocycles. The Kier molecular flexibility index (Phi) is 4.27. The van der Waals surface area contributed by atoms with E-state index in [0.29, 0.717) is 24.6 Å². The fourth-order valence-corrected chi connectivity index (χ4v) is 3.84. The second-order valence-corrected chi connectivity index (χ2v) is 6.74. The fourth-order valence-electron chi connectivity index (χ4n) is 3.03. The van der Waals surface area contributed by atoms with Gasteiger partial charge in [0.05, 0.1) is 0 Å². The zero-order valence-electron chi connectivity index (χ0n) is 13.5. The number of aromatic nitrogens is 5. The number of amides is 1. The van der Waals surface area contributed by atoms with Crippen molar-refractivity contribution in [3.63, 3.8) is 0 Å². The standard InChI is InChI=1S/C15H16IN7O2/c1-2-23-13-11(21-15(23)16)12(17-7-18-13)20-9-3-4-22(5-9)14(24)10-6-25-8-19-10/h6-9H,2-5H2,1H3,(H,17,18,20). The molecule has 1 N–H and O–H groups in total. The molecular formula is C15H16IN7O2. The van der Waals surface area contributed by atoms with Crippen LogP contribution in [0.4, 0.5) is 5.82 Å². The zero-order chi connectivity index (χ0) is 17.4. The molecule has 1 aliphatic rings. The van der Waals surface area contributed by atoms with Crippen molar-refractivity contribution in [2.24, 2.45) is 0 Å². The third-order valence-electron chi connectivity index (χ3n) is 4.27. The van der Waals surface area contributed by atoms with E-state index in [4.69, 9.17) is 4.42 Å². The van der Waals surface area contributed by atoms with Gasteiger partial charge in [0.15, 0.2) is 32.9 Å². The van der Waals surface area contributed by atoms with Crippen LogP contribution in [0, 0.1) is 3.83 Å². The van der Waals surface area contributed by atoms with Gasteiger partial charge < -0.3 is 19.2 Å². The van der Waals surface area contributed by atoms with Gasteiger partial charge in [0.2, 0.25) is 0 Å². The average molecular weight is 453 g/mol. The number of halogens is 1. The molecule has 0 spiro atoms. The normalized spacial score (nSPS) is 17.4. The van der Waals surface area contributed by atoms with Gasteiger partial charge in [-0.2, -0.15) is 0 Å². The number of imidazole rings is 1. The van der Waals surface area contributed by atoms with Crippen molar-refractivity contribution in [3.05, 3.63) is 28.5 Å². The minimum atomic E-state index is -0.115. The van der Waals surface area contributed by atoms with Gasteiger partial charge in [-0.15, -0.1) is 0 Å². The largest absolute Gasteiger partial charge is 0.451 e. The summed E-state index contributed by atoms with van der Waals surface area (Å²) < 4.78 is 7.81. The number of nitrogens with zero attached hydrogens (tertiary/aromatic N) is 6. The second kappa shape index (κ2) is 6.58. The topological polar surface area (TPSA) is 102 Å². The quantitative estimate of drug-likeness (QED) is 0.475. The molecule has 4 heterocycles. The molecule has 1 unspecified atom stereocenters. The van der Waals surface area contributed by atoms with Crippen LogP contribution in [0.15, 0.2) is 23.4 Å². The summed E-state index contributed by atoms with van der Waals surface area (Å²) in [5.74, 6) is 0.589. The van der Waals surface area contributed by atoms with Gasteiger partial charge in [-0.05, 0) is 13.3 Å². The number of carbonyl (C=O) groups is 1. The minimum absolute atomic E-state index is 0.110. The van der Waals surface area contributed by atoms with Crippen LogP contribution in [0.5, 0.6) is 0 Å². The van der Waals surface area contributed by atoms with E-state index < -0.39 is 0 Å². The van der Waals surface area contributed by atoms with Crippen LogP contribution in [0.2, 0.25) is 0 Å². The number of carbonyl (C=O) groups excluding carboxylic acids is 1. The smallest absolute Gasteiger partial charge is 0.275 e. The third kappa shape index (κ3) is 2.94. The average Bonchev–Trinajstić information content (AvgIpc) is 3.34. The first-order valence-corrected chi connectivity index (χ1v) is 9.06. The van der Waals surface area contributed by atoms with Crippen molar-refractivity contribution >= 4 is 45.5 Å². The molecule has 0 bridgehead atoms. The van der Waals surface area contributed by atoms with Crippen LogP contribution in [0.1, 0.15) is 23.8 Å². The van der Waals surface area contributed by atoms with Gasteiger partial charge in [0, 0.05) is 48.3 Å². The predicted molar refractivity (Wildman–Crippen MR) is 98.1 cm³/mol. The lowest BCUT2D eigenvalue weighted by Crippen LogP contribution is -2.32. The SMILES string of the molecule is CCn1c(I)nc2c(NC3CCN(C(=O)c4cocn4)C3)ncnc21. The summed E-state index contributed by atoms with van der Waals surface area (Å²) in [6, 6.07) is 0.110. The van der Waals surface area contributed by atoms with Gasteiger partial charge in [0.25, 0.3) is 5.91 Å². The van der Waals surface area contributed by atoms with E-state index >= 15 is 0 Å². The second-order valence-electron chi connectivity index (χ2n) is 5.77. The molecule has 25 heavy (non-hydrogen) atoms. The number of anilines is 1. The predicted octanol–water partition coefficient (Wildman–Crippen LogP) is 1.77. The maximum atomic E-state index is 12.3. The molecule has 3 aromatic rings. The van der Waals surface area contributed by atoms with E-state index in [2.05, 4.69) is 54.8 Å². The van der Waals surface area contributed by atoms with Crippen LogP contribution >= 0.6 is 22.6 Å². The Morgan fingerprint density at radius 1 is 1.44 bits per heavy atom. The van der Waals surface area contributed by atoms with Gasteiger partial charge >= 0.3 is 0 Å². The number of hydrogen-bond donors (Lipinski definition) is 1. The molecule has 0 aliphatic carbocycles. The molecule has 1 atom stereocenters. The molecule has 1 fully saturated rings. The van der Waals surface area contributed by atoms with Crippen molar-refractivity contribution in [2.45, 2.75) is 25.9 Å². The number of likely N-dealkylation sites (tertiary alicyclic amines) is 1. The molecule has 9 nitrogen and oxygen atoms in total. The number of oxazole rings is 1. The number of fused-ring (bicyclic) bond motifs is 1. The van der Waals surface area contributed by atoms with Gasteiger partial charge in [-0.3, -0.25) is 4.79 Å². The van der Waals surface area contributed by atoms with E-state index in [1.165, 1.54) is 12.7 Å². The van der Waals surface area contributed by atoms with Crippen LogP contribution in [0.25, 0.3) is 11.2 Å². The van der Waals surface area contributed by atoms with E-state index in [9.17, 15) is 4.79 Å². The van der Waals surface area contributed by atoms with Gasteiger partial charge in [-0.1, -0.05) is 0 Å². The molecule has 1 amide bonds. The highest BCUT2D eigenvalue weighted by molar-refractivity contribution is 14.1. The number of hydrogen-bond acceptors (Lipinski definition) is 7. The van der Waals surface area contributed by atoms with E-state index in [-0.39, 0.29) is 11.9 Å². The Morgan fingerprint density at radius 3 is 3.08 bits per heavy atom. The van der Waals surface area contributed by atoms with E-state index in [1.54, 1.807) is 11.2 Å². The summed E-state index contributed by atoms with van der Waals surface area (Å²) in [7, 11) is 0. The van der Waals surface area contributed by atoms with Crippen molar-refractivity contribution in [1.29, 1.82) is 0 Å². The Balaban J connectivity index is 1.52. The molecular weight excluding hydrogens is 437 g/mol. The van der Waals surface area contributed by atoms with E-state index in [1.807, 2.05) is 4.57 Å². The van der Waals surface area contributed by atoms with Crippen molar-refractivity contribution in [3.8, 4) is 0 Å². The molecule has 10 heteroatoms. The van der Waals surface area contributed by atoms with Crippen LogP contribution in [0.3, 0.4) is 0 Å². The number of rotatable bonds is 4. The molecule has 130 valence electrons. The highest BCUT2D eigenvalue weighted by Gasteiger charge is 2.29. The molecule has 1 saturated heterocycles. The lowest BCUT2D eigenvalue weighted by atomic mass is 10.2. The van der Waals surface area contributed by atoms with Crippen LogP contribution < -0.4 is 5.32 Å². The zero-order valence-corrected chi connectivity index (χ0v) is 15.7. The molecule has 0 saturated carbocycles. The summed E-state index contributed by atoms with van der Waals surface area (Å²) in [6.45, 7) is 4.11. The summed E-state index contributed by atoms with van der Waals surface area (Å²) >= 11 is 2.20. The highest BCUT2D eigenvalue weighted by atomic mass is 127. The van der Waals surface area contributed by atoms with Gasteiger partial charge in [0.1, 0.15) is 12.6 Å². The maximum Gasteiger partial charge on any atom is 0.275 e. The van der Waals surface area contributed by atoms with Crippen LogP contribution in [-0.2, 0) is 6.54 Å². The first-order valence-electron chi connectivity index (χ1n) is 7.98. The Hall–Kier alpha value is -2.24. The molecule has 1 aliphatic heterocycles. The summed E-state index contributed by atoms with van der Waals surface area (Å²) in [4.78, 5) is 31.3. The first kappa shape index (κ1) is 16.2.